The molecule has 0 aliphatic carbocycles. The van der Waals surface area contributed by atoms with E-state index in [9.17, 15) is 0 Å². The first-order valence-electron chi connectivity index (χ1n) is 17.3. The van der Waals surface area contributed by atoms with Gasteiger partial charge in [-0.3, -0.25) is 0 Å². The van der Waals surface area contributed by atoms with Gasteiger partial charge in [-0.2, -0.15) is 0 Å². The van der Waals surface area contributed by atoms with Gasteiger partial charge in [0.2, 0.25) is 0 Å². The predicted molar refractivity (Wildman–Crippen MR) is 218 cm³/mol. The minimum atomic E-state index is -2.13. The summed E-state index contributed by atoms with van der Waals surface area (Å²) in [6.07, 6.45) is 0. The van der Waals surface area contributed by atoms with Gasteiger partial charge in [-0.25, -0.2) is 0 Å². The van der Waals surface area contributed by atoms with Crippen molar-refractivity contribution in [1.29, 1.82) is 0 Å². The third kappa shape index (κ3) is 5.42. The number of hydrogen-bond acceptors (Lipinski definition) is 2. The second kappa shape index (κ2) is 12.1. The highest BCUT2D eigenvalue weighted by Crippen LogP contribution is 2.44. The highest BCUT2D eigenvalue weighted by Gasteiger charge is 2.37. The molecule has 1 heterocycles. The van der Waals surface area contributed by atoms with Crippen LogP contribution in [0.3, 0.4) is 0 Å². The van der Waals surface area contributed by atoms with Gasteiger partial charge >= 0.3 is 0 Å². The topological polar surface area (TPSA) is 6.48 Å². The monoisotopic (exact) mass is 666 g/mol. The van der Waals surface area contributed by atoms with E-state index in [1.165, 1.54) is 60.2 Å². The summed E-state index contributed by atoms with van der Waals surface area (Å²) >= 11 is 0. The molecule has 0 aromatic heterocycles. The van der Waals surface area contributed by atoms with Gasteiger partial charge < -0.3 is 9.80 Å². The summed E-state index contributed by atoms with van der Waals surface area (Å²) in [4.78, 5) is 4.83. The van der Waals surface area contributed by atoms with E-state index in [1.807, 2.05) is 0 Å². The summed E-state index contributed by atoms with van der Waals surface area (Å²) in [6, 6.07) is 60.5. The van der Waals surface area contributed by atoms with Gasteiger partial charge in [0.15, 0.2) is 0 Å². The van der Waals surface area contributed by atoms with Crippen LogP contribution in [0, 0.1) is 0 Å². The first-order valence-corrected chi connectivity index (χ1v) is 23.8. The average molecular weight is 667 g/mol. The first-order chi connectivity index (χ1) is 23.7. The Labute approximate surface area is 292 Å². The van der Waals surface area contributed by atoms with E-state index in [-0.39, 0.29) is 0 Å². The second-order valence-electron chi connectivity index (χ2n) is 14.7. The Hall–Kier alpha value is -5.17. The molecule has 0 saturated heterocycles. The molecule has 0 spiro atoms. The highest BCUT2D eigenvalue weighted by molar-refractivity contribution is 7.03. The lowest BCUT2D eigenvalue weighted by Gasteiger charge is -2.36. The van der Waals surface area contributed by atoms with Crippen LogP contribution in [-0.4, -0.2) is 16.1 Å². The second-order valence-corrected chi connectivity index (χ2v) is 24.1. The van der Waals surface area contributed by atoms with Gasteiger partial charge in [-0.1, -0.05) is 135 Å². The zero-order valence-corrected chi connectivity index (χ0v) is 31.0. The lowest BCUT2D eigenvalue weighted by Crippen LogP contribution is -2.56. The molecule has 0 saturated carbocycles. The smallest absolute Gasteiger partial charge is 0.113 e. The maximum Gasteiger partial charge on any atom is 0.113 e. The summed E-state index contributed by atoms with van der Waals surface area (Å²) in [7, 11) is -3.54. The molecule has 0 N–H and O–H groups in total. The van der Waals surface area contributed by atoms with Gasteiger partial charge in [-0.05, 0) is 93.6 Å². The van der Waals surface area contributed by atoms with Crippen LogP contribution in [0.2, 0.25) is 32.7 Å². The van der Waals surface area contributed by atoms with Crippen LogP contribution in [0.5, 0.6) is 0 Å². The van der Waals surface area contributed by atoms with Crippen molar-refractivity contribution in [2.75, 3.05) is 9.80 Å². The molecule has 1 aliphatic heterocycles. The van der Waals surface area contributed by atoms with Crippen LogP contribution in [0.15, 0.2) is 164 Å². The normalized spacial score (nSPS) is 13.2. The van der Waals surface area contributed by atoms with E-state index in [0.717, 1.165) is 11.4 Å². The molecule has 0 amide bonds. The molecule has 49 heavy (non-hydrogen) atoms. The number of hydrogen-bond donors (Lipinski definition) is 0. The molecule has 7 aromatic carbocycles. The summed E-state index contributed by atoms with van der Waals surface area (Å²) < 4.78 is 0. The molecule has 240 valence electrons. The third-order valence-corrected chi connectivity index (χ3v) is 15.8. The molecule has 2 nitrogen and oxygen atoms in total. The highest BCUT2D eigenvalue weighted by atomic mass is 28.3. The van der Waals surface area contributed by atoms with Crippen molar-refractivity contribution in [3.63, 3.8) is 0 Å². The van der Waals surface area contributed by atoms with E-state index in [1.54, 1.807) is 0 Å². The van der Waals surface area contributed by atoms with Crippen molar-refractivity contribution < 1.29 is 0 Å². The Bertz CT molecular complexity index is 2240. The Morgan fingerprint density at radius 3 is 1.51 bits per heavy atom. The van der Waals surface area contributed by atoms with E-state index < -0.39 is 16.1 Å². The van der Waals surface area contributed by atoms with Crippen molar-refractivity contribution in [3.8, 4) is 11.1 Å². The molecule has 0 atom stereocenters. The number of para-hydroxylation sites is 3. The molecule has 8 rings (SSSR count). The van der Waals surface area contributed by atoms with Gasteiger partial charge in [0, 0.05) is 33.8 Å². The Morgan fingerprint density at radius 1 is 0.429 bits per heavy atom. The minimum absolute atomic E-state index is 1.16. The zero-order valence-electron chi connectivity index (χ0n) is 29.0. The van der Waals surface area contributed by atoms with Crippen molar-refractivity contribution in [3.05, 3.63) is 164 Å². The largest absolute Gasteiger partial charge is 0.311 e. The Balaban J connectivity index is 1.30. The standard InChI is InChI=1S/C45H42N2Si2/c1-48(2,3)38-27-24-36(25-28-38)46(33-16-9-6-10-17-33)37-26-29-39-40-30-31-42(41-22-15-23-43(45(40)41)49(4,5)44(39)32-37)47(34-18-11-7-12-19-34)35-20-13-8-14-21-35/h6-32H,1-5H3. The molecule has 0 radical (unpaired) electrons. The lowest BCUT2D eigenvalue weighted by molar-refractivity contribution is 1.29. The van der Waals surface area contributed by atoms with Crippen LogP contribution < -0.4 is 25.4 Å². The van der Waals surface area contributed by atoms with E-state index in [0.29, 0.717) is 0 Å². The van der Waals surface area contributed by atoms with Gasteiger partial charge in [0.1, 0.15) is 8.07 Å². The molecule has 0 unspecified atom stereocenters. The third-order valence-electron chi connectivity index (χ3n) is 10.2. The van der Waals surface area contributed by atoms with Crippen LogP contribution in [0.25, 0.3) is 21.9 Å². The van der Waals surface area contributed by atoms with Crippen LogP contribution in [0.4, 0.5) is 34.1 Å². The number of benzene rings is 7. The van der Waals surface area contributed by atoms with E-state index in [4.69, 9.17) is 0 Å². The zero-order chi connectivity index (χ0) is 33.8. The van der Waals surface area contributed by atoms with Crippen LogP contribution in [0.1, 0.15) is 0 Å². The predicted octanol–water partition coefficient (Wildman–Crippen LogP) is 11.1. The van der Waals surface area contributed by atoms with Crippen molar-refractivity contribution in [2.45, 2.75) is 32.7 Å². The molecule has 0 bridgehead atoms. The van der Waals surface area contributed by atoms with Crippen molar-refractivity contribution in [1.82, 2.24) is 0 Å². The summed E-state index contributed by atoms with van der Waals surface area (Å²) in [6.45, 7) is 12.3. The minimum Gasteiger partial charge on any atom is -0.311 e. The summed E-state index contributed by atoms with van der Waals surface area (Å²) in [5.74, 6) is 0. The van der Waals surface area contributed by atoms with E-state index in [2.05, 4.69) is 206 Å². The fraction of sp³-hybridized carbons (Fsp3) is 0.111. The molecular weight excluding hydrogens is 625 g/mol. The number of fused-ring (bicyclic) bond motifs is 2. The molecule has 4 heteroatoms. The maximum absolute atomic E-state index is 2.53. The molecule has 7 aromatic rings. The quantitative estimate of drug-likeness (QED) is 0.156. The fourth-order valence-corrected chi connectivity index (χ4v) is 11.9. The van der Waals surface area contributed by atoms with Crippen LogP contribution >= 0.6 is 0 Å². The first kappa shape index (κ1) is 31.1. The molecule has 0 fully saturated rings. The van der Waals surface area contributed by atoms with Gasteiger partial charge in [0.25, 0.3) is 0 Å². The van der Waals surface area contributed by atoms with Crippen molar-refractivity contribution in [2.24, 2.45) is 0 Å². The average Bonchev–Trinajstić information content (AvgIpc) is 3.12. The SMILES string of the molecule is C[Si](C)(C)c1ccc(N(c2ccccc2)c2ccc3c(c2)[Si](C)(C)c2cccc4c(N(c5ccccc5)c5ccccc5)ccc-3c24)cc1. The Kier molecular flexibility index (Phi) is 7.66. The Morgan fingerprint density at radius 2 is 0.939 bits per heavy atom. The van der Waals surface area contributed by atoms with Crippen molar-refractivity contribution >= 4 is 76.6 Å². The fourth-order valence-electron chi connectivity index (χ4n) is 7.62. The maximum atomic E-state index is 2.53. The van der Waals surface area contributed by atoms with Crippen LogP contribution in [-0.2, 0) is 0 Å². The number of rotatable bonds is 7. The molecular formula is C45H42N2Si2. The summed E-state index contributed by atoms with van der Waals surface area (Å²) in [5.41, 5.74) is 9.79. The summed E-state index contributed by atoms with van der Waals surface area (Å²) in [5, 5.41) is 7.16. The lowest BCUT2D eigenvalue weighted by atomic mass is 9.95. The van der Waals surface area contributed by atoms with Gasteiger partial charge in [0.05, 0.1) is 13.8 Å². The number of nitrogens with zero attached hydrogens (tertiary/aromatic N) is 2. The number of anilines is 6. The van der Waals surface area contributed by atoms with E-state index >= 15 is 0 Å². The van der Waals surface area contributed by atoms with Gasteiger partial charge in [-0.15, -0.1) is 0 Å². The molecule has 1 aliphatic rings.